The summed E-state index contributed by atoms with van der Waals surface area (Å²) in [6.45, 7) is 3.52. The van der Waals surface area contributed by atoms with Crippen LogP contribution in [0.15, 0.2) is 36.4 Å². The Kier molecular flexibility index (Phi) is 4.04. The van der Waals surface area contributed by atoms with E-state index in [2.05, 4.69) is 0 Å². The van der Waals surface area contributed by atoms with Gasteiger partial charge in [-0.1, -0.05) is 0 Å². The van der Waals surface area contributed by atoms with Gasteiger partial charge in [0.2, 0.25) is 0 Å². The van der Waals surface area contributed by atoms with Crippen molar-refractivity contribution < 1.29 is 8.78 Å². The molecule has 0 fully saturated rings. The van der Waals surface area contributed by atoms with Crippen LogP contribution in [0.25, 0.3) is 0 Å². The largest absolute Gasteiger partial charge is 0.344 e. The molecule has 106 valence electrons. The number of nitrogens with two attached hydrogens (primary N) is 1. The topological polar surface area (TPSA) is 29.3 Å². The highest BCUT2D eigenvalue weighted by Gasteiger charge is 2.15. The van der Waals surface area contributed by atoms with Gasteiger partial charge in [-0.25, -0.2) is 8.78 Å². The number of hydrogen-bond acceptors (Lipinski definition) is 2. The Morgan fingerprint density at radius 2 is 1.70 bits per heavy atom. The summed E-state index contributed by atoms with van der Waals surface area (Å²) >= 11 is 0. The number of halogens is 2. The highest BCUT2D eigenvalue weighted by molar-refractivity contribution is 5.67. The molecular formula is C16H18F2N2. The maximum absolute atomic E-state index is 13.7. The molecule has 0 unspecified atom stereocenters. The molecule has 2 aromatic carbocycles. The molecule has 1 atom stereocenters. The van der Waals surface area contributed by atoms with Crippen LogP contribution < -0.4 is 10.6 Å². The van der Waals surface area contributed by atoms with E-state index in [1.54, 1.807) is 25.1 Å². The third-order valence-electron chi connectivity index (χ3n) is 3.37. The Balaban J connectivity index is 2.50. The summed E-state index contributed by atoms with van der Waals surface area (Å²) in [5.41, 5.74) is 8.84. The molecule has 0 radical (unpaired) electrons. The zero-order valence-electron chi connectivity index (χ0n) is 11.8. The molecule has 0 heterocycles. The van der Waals surface area contributed by atoms with Crippen LogP contribution >= 0.6 is 0 Å². The fraction of sp³-hybridized carbons (Fsp3) is 0.250. The van der Waals surface area contributed by atoms with Crippen molar-refractivity contribution >= 4 is 11.4 Å². The number of benzene rings is 2. The van der Waals surface area contributed by atoms with Crippen LogP contribution in [0.4, 0.5) is 20.2 Å². The summed E-state index contributed by atoms with van der Waals surface area (Å²) in [5.74, 6) is -0.557. The normalized spacial score (nSPS) is 12.3. The number of aryl methyl sites for hydroxylation is 1. The van der Waals surface area contributed by atoms with E-state index in [9.17, 15) is 8.78 Å². The maximum Gasteiger partial charge on any atom is 0.126 e. The van der Waals surface area contributed by atoms with Gasteiger partial charge in [-0.15, -0.1) is 0 Å². The van der Waals surface area contributed by atoms with Crippen molar-refractivity contribution in [3.63, 3.8) is 0 Å². The molecule has 2 aromatic rings. The smallest absolute Gasteiger partial charge is 0.126 e. The van der Waals surface area contributed by atoms with Crippen LogP contribution in [0.5, 0.6) is 0 Å². The van der Waals surface area contributed by atoms with Gasteiger partial charge in [-0.2, -0.15) is 0 Å². The first-order chi connectivity index (χ1) is 9.40. The minimum absolute atomic E-state index is 0.270. The lowest BCUT2D eigenvalue weighted by Crippen LogP contribution is -2.16. The lowest BCUT2D eigenvalue weighted by atomic mass is 10.0. The van der Waals surface area contributed by atoms with Crippen molar-refractivity contribution in [1.29, 1.82) is 0 Å². The quantitative estimate of drug-likeness (QED) is 0.916. The van der Waals surface area contributed by atoms with Crippen LogP contribution in [0, 0.1) is 18.6 Å². The van der Waals surface area contributed by atoms with Crippen LogP contribution in [-0.4, -0.2) is 7.05 Å². The highest BCUT2D eigenvalue weighted by atomic mass is 19.1. The van der Waals surface area contributed by atoms with E-state index in [1.165, 1.54) is 18.2 Å². The fourth-order valence-electron chi connectivity index (χ4n) is 2.14. The number of nitrogens with zero attached hydrogens (tertiary/aromatic N) is 1. The van der Waals surface area contributed by atoms with E-state index in [1.807, 2.05) is 18.9 Å². The number of hydrogen-bond donors (Lipinski definition) is 1. The minimum atomic E-state index is -0.289. The Labute approximate surface area is 117 Å². The average molecular weight is 276 g/mol. The Hall–Kier alpha value is -1.94. The molecule has 20 heavy (non-hydrogen) atoms. The first-order valence-corrected chi connectivity index (χ1v) is 6.45. The molecule has 0 bridgehead atoms. The zero-order chi connectivity index (χ0) is 14.9. The molecule has 2 rings (SSSR count). The second kappa shape index (κ2) is 5.59. The van der Waals surface area contributed by atoms with Crippen molar-refractivity contribution in [2.24, 2.45) is 5.73 Å². The van der Waals surface area contributed by atoms with E-state index in [-0.39, 0.29) is 17.7 Å². The van der Waals surface area contributed by atoms with E-state index >= 15 is 0 Å². The van der Waals surface area contributed by atoms with Gasteiger partial charge in [0.15, 0.2) is 0 Å². The maximum atomic E-state index is 13.7. The standard InChI is InChI=1S/C16H18F2N2/c1-10-8-16(14(11(2)19)9-15(10)18)20(3)13-6-4-12(17)5-7-13/h4-9,11H,19H2,1-3H3/t11-/m0/s1. The molecule has 0 spiro atoms. The molecule has 0 aliphatic carbocycles. The molecule has 0 aliphatic rings. The van der Waals surface area contributed by atoms with Crippen LogP contribution in [0.2, 0.25) is 0 Å². The van der Waals surface area contributed by atoms with Crippen molar-refractivity contribution in [2.75, 3.05) is 11.9 Å². The van der Waals surface area contributed by atoms with Gasteiger partial charge in [0.05, 0.1) is 0 Å². The van der Waals surface area contributed by atoms with E-state index < -0.39 is 0 Å². The summed E-state index contributed by atoms with van der Waals surface area (Å²) in [7, 11) is 1.85. The first-order valence-electron chi connectivity index (χ1n) is 6.45. The average Bonchev–Trinajstić information content (AvgIpc) is 2.41. The lowest BCUT2D eigenvalue weighted by Gasteiger charge is -2.25. The first kappa shape index (κ1) is 14.5. The monoisotopic (exact) mass is 276 g/mol. The number of rotatable bonds is 3. The summed E-state index contributed by atoms with van der Waals surface area (Å²) in [5, 5.41) is 0. The molecule has 2 nitrogen and oxygen atoms in total. The predicted octanol–water partition coefficient (Wildman–Crippen LogP) is 4.06. The fourth-order valence-corrected chi connectivity index (χ4v) is 2.14. The summed E-state index contributed by atoms with van der Waals surface area (Å²) in [6.07, 6.45) is 0. The van der Waals surface area contributed by atoms with Crippen molar-refractivity contribution in [3.05, 3.63) is 59.2 Å². The Morgan fingerprint density at radius 1 is 1.10 bits per heavy atom. The Morgan fingerprint density at radius 3 is 2.25 bits per heavy atom. The summed E-state index contributed by atoms with van der Waals surface area (Å²) in [6, 6.07) is 9.09. The predicted molar refractivity (Wildman–Crippen MR) is 78.2 cm³/mol. The Bertz CT molecular complexity index is 607. The zero-order valence-corrected chi connectivity index (χ0v) is 11.8. The molecule has 0 aliphatic heterocycles. The van der Waals surface area contributed by atoms with E-state index in [0.717, 1.165) is 16.9 Å². The second-order valence-electron chi connectivity index (χ2n) is 4.98. The van der Waals surface area contributed by atoms with Gasteiger partial charge < -0.3 is 10.6 Å². The summed E-state index contributed by atoms with van der Waals surface area (Å²) < 4.78 is 26.7. The minimum Gasteiger partial charge on any atom is -0.344 e. The molecular weight excluding hydrogens is 258 g/mol. The third kappa shape index (κ3) is 2.80. The molecule has 0 saturated carbocycles. The van der Waals surface area contributed by atoms with E-state index in [4.69, 9.17) is 5.73 Å². The lowest BCUT2D eigenvalue weighted by molar-refractivity contribution is 0.613. The van der Waals surface area contributed by atoms with Crippen LogP contribution in [0.3, 0.4) is 0 Å². The van der Waals surface area contributed by atoms with Crippen molar-refractivity contribution in [2.45, 2.75) is 19.9 Å². The van der Waals surface area contributed by atoms with Crippen molar-refractivity contribution in [3.8, 4) is 0 Å². The number of anilines is 2. The summed E-state index contributed by atoms with van der Waals surface area (Å²) in [4.78, 5) is 1.88. The van der Waals surface area contributed by atoms with Crippen molar-refractivity contribution in [1.82, 2.24) is 0 Å². The van der Waals surface area contributed by atoms with Gasteiger partial charge in [0, 0.05) is 24.5 Å². The van der Waals surface area contributed by atoms with Gasteiger partial charge in [0.25, 0.3) is 0 Å². The molecule has 0 aromatic heterocycles. The van der Waals surface area contributed by atoms with Gasteiger partial charge in [0.1, 0.15) is 11.6 Å². The molecule has 2 N–H and O–H groups in total. The second-order valence-corrected chi connectivity index (χ2v) is 4.98. The SMILES string of the molecule is Cc1cc(N(C)c2ccc(F)cc2)c([C@H](C)N)cc1F. The van der Waals surface area contributed by atoms with Gasteiger partial charge >= 0.3 is 0 Å². The molecule has 0 saturated heterocycles. The van der Waals surface area contributed by atoms with Gasteiger partial charge in [-0.05, 0) is 61.4 Å². The van der Waals surface area contributed by atoms with Crippen LogP contribution in [0.1, 0.15) is 24.1 Å². The highest BCUT2D eigenvalue weighted by Crippen LogP contribution is 2.32. The van der Waals surface area contributed by atoms with E-state index in [0.29, 0.717) is 5.56 Å². The van der Waals surface area contributed by atoms with Gasteiger partial charge in [-0.3, -0.25) is 0 Å². The molecule has 0 amide bonds. The molecule has 4 heteroatoms. The third-order valence-corrected chi connectivity index (χ3v) is 3.37. The van der Waals surface area contributed by atoms with Crippen LogP contribution in [-0.2, 0) is 0 Å².